The fourth-order valence-electron chi connectivity index (χ4n) is 2.68. The Morgan fingerprint density at radius 2 is 1.67 bits per heavy atom. The lowest BCUT2D eigenvalue weighted by Gasteiger charge is -2.15. The van der Waals surface area contributed by atoms with E-state index >= 15 is 0 Å². The number of aliphatic hydroxyl groups is 3. The molecular weight excluding hydrogens is 304 g/mol. The van der Waals surface area contributed by atoms with Crippen molar-refractivity contribution in [2.45, 2.75) is 84.8 Å². The lowest BCUT2D eigenvalue weighted by atomic mass is 9.94. The van der Waals surface area contributed by atoms with Gasteiger partial charge < -0.3 is 20.1 Å². The highest BCUT2D eigenvalue weighted by atomic mass is 16.5. The predicted molar refractivity (Wildman–Crippen MR) is 100.0 cm³/mol. The third-order valence-electron chi connectivity index (χ3n) is 4.42. The molecule has 1 unspecified atom stereocenters. The Kier molecular flexibility index (Phi) is 14.6. The highest BCUT2D eigenvalue weighted by Gasteiger charge is 2.14. The number of rotatable bonds is 15. The third kappa shape index (κ3) is 14.0. The molecule has 0 rings (SSSR count). The van der Waals surface area contributed by atoms with Crippen molar-refractivity contribution in [3.05, 3.63) is 11.6 Å². The van der Waals surface area contributed by atoms with Gasteiger partial charge in [0.05, 0.1) is 19.8 Å². The van der Waals surface area contributed by atoms with E-state index < -0.39 is 18.8 Å². The minimum atomic E-state index is -1.12. The highest BCUT2D eigenvalue weighted by Crippen LogP contribution is 2.19. The Hall–Kier alpha value is -0.420. The van der Waals surface area contributed by atoms with E-state index in [0.717, 1.165) is 24.7 Å². The summed E-state index contributed by atoms with van der Waals surface area (Å²) in [4.78, 5) is 0. The Morgan fingerprint density at radius 3 is 2.29 bits per heavy atom. The van der Waals surface area contributed by atoms with E-state index in [-0.39, 0.29) is 6.61 Å². The molecule has 0 fully saturated rings. The lowest BCUT2D eigenvalue weighted by Crippen LogP contribution is -2.33. The van der Waals surface area contributed by atoms with Crippen LogP contribution in [0.25, 0.3) is 0 Å². The molecule has 4 heteroatoms. The van der Waals surface area contributed by atoms with Crippen LogP contribution in [-0.2, 0) is 4.74 Å². The second-order valence-electron chi connectivity index (χ2n) is 7.55. The maximum absolute atomic E-state index is 9.44. The first-order valence-electron chi connectivity index (χ1n) is 9.57. The summed E-state index contributed by atoms with van der Waals surface area (Å²) in [7, 11) is 0. The Balaban J connectivity index is 3.62. The van der Waals surface area contributed by atoms with Crippen molar-refractivity contribution in [1.29, 1.82) is 0 Å². The average molecular weight is 345 g/mol. The maximum Gasteiger partial charge on any atom is 0.105 e. The first-order chi connectivity index (χ1) is 11.4. The number of allylic oxidation sites excluding steroid dienone is 1. The van der Waals surface area contributed by atoms with Crippen LogP contribution in [0.15, 0.2) is 11.6 Å². The number of aliphatic hydroxyl groups excluding tert-OH is 3. The molecule has 0 amide bonds. The van der Waals surface area contributed by atoms with Crippen molar-refractivity contribution in [3.63, 3.8) is 0 Å². The summed E-state index contributed by atoms with van der Waals surface area (Å²) in [5.41, 5.74) is 1.39. The number of hydrogen-bond acceptors (Lipinski definition) is 4. The van der Waals surface area contributed by atoms with Gasteiger partial charge in [0.25, 0.3) is 0 Å². The molecule has 0 spiro atoms. The van der Waals surface area contributed by atoms with E-state index in [9.17, 15) is 10.2 Å². The Bertz CT molecular complexity index is 315. The van der Waals surface area contributed by atoms with Crippen LogP contribution in [0.1, 0.15) is 72.6 Å². The van der Waals surface area contributed by atoms with Gasteiger partial charge in [-0.05, 0) is 38.0 Å². The van der Waals surface area contributed by atoms with Crippen molar-refractivity contribution >= 4 is 0 Å². The van der Waals surface area contributed by atoms with Crippen LogP contribution in [0.5, 0.6) is 0 Å². The van der Waals surface area contributed by atoms with Gasteiger partial charge in [0.2, 0.25) is 0 Å². The molecule has 3 atom stereocenters. The van der Waals surface area contributed by atoms with Crippen molar-refractivity contribution in [1.82, 2.24) is 0 Å². The van der Waals surface area contributed by atoms with Crippen LogP contribution in [-0.4, -0.2) is 47.3 Å². The van der Waals surface area contributed by atoms with Crippen molar-refractivity contribution in [2.75, 3.05) is 19.8 Å². The summed E-state index contributed by atoms with van der Waals surface area (Å²) >= 11 is 0. The first kappa shape index (κ1) is 23.6. The number of hydrogen-bond donors (Lipinski definition) is 3. The van der Waals surface area contributed by atoms with Crippen molar-refractivity contribution in [3.8, 4) is 0 Å². The lowest BCUT2D eigenvalue weighted by molar-refractivity contribution is -0.0560. The van der Waals surface area contributed by atoms with Gasteiger partial charge in [0, 0.05) is 0 Å². The minimum Gasteiger partial charge on any atom is -0.394 e. The second kappa shape index (κ2) is 14.9. The fourth-order valence-corrected chi connectivity index (χ4v) is 2.68. The van der Waals surface area contributed by atoms with Crippen LogP contribution >= 0.6 is 0 Å². The van der Waals surface area contributed by atoms with Gasteiger partial charge in [0.1, 0.15) is 12.2 Å². The largest absolute Gasteiger partial charge is 0.394 e. The summed E-state index contributed by atoms with van der Waals surface area (Å²) < 4.78 is 5.31. The third-order valence-corrected chi connectivity index (χ3v) is 4.42. The van der Waals surface area contributed by atoms with Gasteiger partial charge in [-0.3, -0.25) is 0 Å². The van der Waals surface area contributed by atoms with Crippen molar-refractivity contribution < 1.29 is 20.1 Å². The molecule has 144 valence electrons. The standard InChI is InChI=1S/C20H40O4/c1-16(2)8-5-9-17(3)10-6-11-18(4)12-7-13-24-15-20(23)19(22)14-21/h12,16-17,19-23H,5-11,13-15H2,1-4H3/b18-12+/t17?,19-,20+/m1/s1. The van der Waals surface area contributed by atoms with E-state index in [0.29, 0.717) is 6.61 Å². The smallest absolute Gasteiger partial charge is 0.105 e. The summed E-state index contributed by atoms with van der Waals surface area (Å²) in [5, 5.41) is 27.3. The molecule has 0 bridgehead atoms. The highest BCUT2D eigenvalue weighted by molar-refractivity contribution is 4.97. The Labute approximate surface area is 148 Å². The topological polar surface area (TPSA) is 69.9 Å². The first-order valence-corrected chi connectivity index (χ1v) is 9.57. The molecule has 0 saturated carbocycles. The van der Waals surface area contributed by atoms with E-state index in [1.807, 2.05) is 0 Å². The van der Waals surface area contributed by atoms with E-state index in [1.54, 1.807) is 0 Å². The van der Waals surface area contributed by atoms with Gasteiger partial charge in [-0.25, -0.2) is 0 Å². The van der Waals surface area contributed by atoms with Gasteiger partial charge in [-0.1, -0.05) is 58.1 Å². The fraction of sp³-hybridized carbons (Fsp3) is 0.900. The molecule has 0 aliphatic heterocycles. The summed E-state index contributed by atoms with van der Waals surface area (Å²) in [5.74, 6) is 1.64. The summed E-state index contributed by atoms with van der Waals surface area (Å²) in [6.07, 6.45) is 8.59. The Morgan fingerprint density at radius 1 is 1.00 bits per heavy atom. The molecule has 0 aromatic carbocycles. The minimum absolute atomic E-state index is 0.0580. The molecule has 24 heavy (non-hydrogen) atoms. The zero-order valence-electron chi connectivity index (χ0n) is 16.2. The zero-order valence-corrected chi connectivity index (χ0v) is 16.2. The quantitative estimate of drug-likeness (QED) is 0.313. The predicted octanol–water partition coefficient (Wildman–Crippen LogP) is 3.69. The van der Waals surface area contributed by atoms with Crippen LogP contribution in [0.4, 0.5) is 0 Å². The molecule has 0 radical (unpaired) electrons. The summed E-state index contributed by atoms with van der Waals surface area (Å²) in [6.45, 7) is 9.24. The molecule has 0 saturated heterocycles. The molecule has 0 aliphatic carbocycles. The molecule has 4 nitrogen and oxygen atoms in total. The zero-order chi connectivity index (χ0) is 18.4. The molecule has 0 aromatic heterocycles. The second-order valence-corrected chi connectivity index (χ2v) is 7.55. The molecule has 0 aromatic rings. The summed E-state index contributed by atoms with van der Waals surface area (Å²) in [6, 6.07) is 0. The number of ether oxygens (including phenoxy) is 1. The molecule has 0 heterocycles. The van der Waals surface area contributed by atoms with E-state index in [1.165, 1.54) is 37.7 Å². The monoisotopic (exact) mass is 344 g/mol. The maximum atomic E-state index is 9.44. The van der Waals surface area contributed by atoms with Crippen LogP contribution in [0.2, 0.25) is 0 Å². The molecule has 3 N–H and O–H groups in total. The molecule has 0 aliphatic rings. The SMILES string of the molecule is C/C(=C\CCOC[C@H](O)[C@H](O)CO)CCCC(C)CCCC(C)C. The van der Waals surface area contributed by atoms with Gasteiger partial charge >= 0.3 is 0 Å². The van der Waals surface area contributed by atoms with E-state index in [2.05, 4.69) is 33.8 Å². The van der Waals surface area contributed by atoms with Crippen LogP contribution in [0.3, 0.4) is 0 Å². The van der Waals surface area contributed by atoms with Gasteiger partial charge in [-0.2, -0.15) is 0 Å². The van der Waals surface area contributed by atoms with Crippen LogP contribution in [0, 0.1) is 11.8 Å². The molecular formula is C20H40O4. The normalized spacial score (nSPS) is 16.4. The van der Waals surface area contributed by atoms with Gasteiger partial charge in [-0.15, -0.1) is 0 Å². The average Bonchev–Trinajstić information content (AvgIpc) is 2.53. The van der Waals surface area contributed by atoms with Crippen molar-refractivity contribution in [2.24, 2.45) is 11.8 Å². The van der Waals surface area contributed by atoms with Gasteiger partial charge in [0.15, 0.2) is 0 Å². The van der Waals surface area contributed by atoms with E-state index in [4.69, 9.17) is 9.84 Å². The van der Waals surface area contributed by atoms with Crippen LogP contribution < -0.4 is 0 Å².